The van der Waals surface area contributed by atoms with E-state index in [-0.39, 0.29) is 0 Å². The van der Waals surface area contributed by atoms with Crippen LogP contribution in [0.1, 0.15) is 72.6 Å². The average Bonchev–Trinajstić information content (AvgIpc) is 2.27. The fraction of sp³-hybridized carbons (Fsp3) is 1.00. The Balaban J connectivity index is 2.31. The fourth-order valence-corrected chi connectivity index (χ4v) is 3.02. The van der Waals surface area contributed by atoms with E-state index in [1.54, 1.807) is 0 Å². The lowest BCUT2D eigenvalue weighted by molar-refractivity contribution is 0.192. The van der Waals surface area contributed by atoms with Crippen LogP contribution in [0.15, 0.2) is 0 Å². The number of nitrogens with one attached hydrogen (secondary N) is 1. The summed E-state index contributed by atoms with van der Waals surface area (Å²) in [7, 11) is 0. The van der Waals surface area contributed by atoms with Gasteiger partial charge in [0.1, 0.15) is 0 Å². The topological polar surface area (TPSA) is 12.0 Å². The summed E-state index contributed by atoms with van der Waals surface area (Å²) in [6.07, 6.45) is 9.98. The molecular weight excluding hydrogens is 206 g/mol. The highest BCUT2D eigenvalue weighted by Crippen LogP contribution is 2.35. The fourth-order valence-electron chi connectivity index (χ4n) is 3.02. The van der Waals surface area contributed by atoms with Crippen molar-refractivity contribution in [3.63, 3.8) is 0 Å². The minimum Gasteiger partial charge on any atom is -0.316 e. The smallest absolute Gasteiger partial charge is 0.00179 e. The quantitative estimate of drug-likeness (QED) is 0.667. The van der Waals surface area contributed by atoms with Crippen molar-refractivity contribution in [2.45, 2.75) is 72.6 Å². The van der Waals surface area contributed by atoms with Crippen LogP contribution >= 0.6 is 0 Å². The maximum Gasteiger partial charge on any atom is -0.00179 e. The van der Waals surface area contributed by atoms with Crippen LogP contribution in [-0.4, -0.2) is 13.1 Å². The Labute approximate surface area is 109 Å². The highest BCUT2D eigenvalue weighted by molar-refractivity contribution is 4.78. The van der Waals surface area contributed by atoms with E-state index in [1.807, 2.05) is 0 Å². The van der Waals surface area contributed by atoms with Crippen LogP contribution in [0, 0.1) is 17.3 Å². The van der Waals surface area contributed by atoms with Gasteiger partial charge in [-0.25, -0.2) is 0 Å². The van der Waals surface area contributed by atoms with Gasteiger partial charge in [0.25, 0.3) is 0 Å². The van der Waals surface area contributed by atoms with E-state index in [9.17, 15) is 0 Å². The van der Waals surface area contributed by atoms with Gasteiger partial charge in [0.05, 0.1) is 0 Å². The highest BCUT2D eigenvalue weighted by atomic mass is 14.9. The highest BCUT2D eigenvalue weighted by Gasteiger charge is 2.25. The Morgan fingerprint density at radius 3 is 2.29 bits per heavy atom. The molecule has 2 atom stereocenters. The molecule has 0 saturated heterocycles. The van der Waals surface area contributed by atoms with Crippen molar-refractivity contribution in [1.82, 2.24) is 5.32 Å². The number of hydrogen-bond donors (Lipinski definition) is 1. The molecule has 0 aliphatic heterocycles. The van der Waals surface area contributed by atoms with Crippen LogP contribution in [0.5, 0.6) is 0 Å². The van der Waals surface area contributed by atoms with Crippen LogP contribution < -0.4 is 5.32 Å². The Morgan fingerprint density at radius 1 is 1.06 bits per heavy atom. The minimum absolute atomic E-state index is 0.513. The molecule has 0 heterocycles. The van der Waals surface area contributed by atoms with Crippen molar-refractivity contribution < 1.29 is 0 Å². The zero-order valence-electron chi connectivity index (χ0n) is 12.5. The van der Waals surface area contributed by atoms with Crippen molar-refractivity contribution in [1.29, 1.82) is 0 Å². The van der Waals surface area contributed by atoms with E-state index in [0.717, 1.165) is 11.8 Å². The zero-order valence-corrected chi connectivity index (χ0v) is 12.5. The van der Waals surface area contributed by atoms with Crippen molar-refractivity contribution >= 4 is 0 Å². The molecule has 1 aliphatic carbocycles. The number of rotatable bonds is 6. The SMILES string of the molecule is CCCNCC1CCCCC1CCC(C)(C)C. The third-order valence-corrected chi connectivity index (χ3v) is 4.16. The largest absolute Gasteiger partial charge is 0.316 e. The summed E-state index contributed by atoms with van der Waals surface area (Å²) >= 11 is 0. The van der Waals surface area contributed by atoms with Crippen molar-refractivity contribution in [2.24, 2.45) is 17.3 Å². The van der Waals surface area contributed by atoms with Gasteiger partial charge in [0.2, 0.25) is 0 Å². The summed E-state index contributed by atoms with van der Waals surface area (Å²) in [4.78, 5) is 0. The van der Waals surface area contributed by atoms with Crippen molar-refractivity contribution in [3.05, 3.63) is 0 Å². The van der Waals surface area contributed by atoms with Crippen LogP contribution in [-0.2, 0) is 0 Å². The lowest BCUT2D eigenvalue weighted by atomic mass is 9.74. The normalized spacial score (nSPS) is 26.1. The molecule has 0 radical (unpaired) electrons. The van der Waals surface area contributed by atoms with Gasteiger partial charge in [-0.3, -0.25) is 0 Å². The molecule has 1 heteroatoms. The molecule has 0 aromatic heterocycles. The second-order valence-electron chi connectivity index (χ2n) is 7.11. The third-order valence-electron chi connectivity index (χ3n) is 4.16. The van der Waals surface area contributed by atoms with Gasteiger partial charge in [-0.05, 0) is 56.0 Å². The van der Waals surface area contributed by atoms with Gasteiger partial charge < -0.3 is 5.32 Å². The van der Waals surface area contributed by atoms with Gasteiger partial charge in [0.15, 0.2) is 0 Å². The Morgan fingerprint density at radius 2 is 1.71 bits per heavy atom. The second-order valence-corrected chi connectivity index (χ2v) is 7.11. The summed E-state index contributed by atoms with van der Waals surface area (Å²) in [5.74, 6) is 1.95. The van der Waals surface area contributed by atoms with E-state index in [4.69, 9.17) is 0 Å². The predicted octanol–water partition coefficient (Wildman–Crippen LogP) is 4.62. The van der Waals surface area contributed by atoms with Crippen LogP contribution in [0.25, 0.3) is 0 Å². The summed E-state index contributed by atoms with van der Waals surface area (Å²) < 4.78 is 0. The molecule has 17 heavy (non-hydrogen) atoms. The van der Waals surface area contributed by atoms with E-state index in [2.05, 4.69) is 33.0 Å². The molecule has 102 valence electrons. The first kappa shape index (κ1) is 15.0. The first-order valence-corrected chi connectivity index (χ1v) is 7.73. The van der Waals surface area contributed by atoms with E-state index in [0.29, 0.717) is 5.41 Å². The van der Waals surface area contributed by atoms with Crippen LogP contribution in [0.3, 0.4) is 0 Å². The monoisotopic (exact) mass is 239 g/mol. The first-order chi connectivity index (χ1) is 8.03. The third kappa shape index (κ3) is 6.45. The van der Waals surface area contributed by atoms with Crippen LogP contribution in [0.2, 0.25) is 0 Å². The molecule has 1 saturated carbocycles. The molecule has 1 N–H and O–H groups in total. The van der Waals surface area contributed by atoms with Crippen LogP contribution in [0.4, 0.5) is 0 Å². The van der Waals surface area contributed by atoms with Gasteiger partial charge >= 0.3 is 0 Å². The van der Waals surface area contributed by atoms with E-state index < -0.39 is 0 Å². The Bertz CT molecular complexity index is 192. The van der Waals surface area contributed by atoms with E-state index >= 15 is 0 Å². The molecule has 0 aromatic rings. The van der Waals surface area contributed by atoms with Gasteiger partial charge in [-0.15, -0.1) is 0 Å². The predicted molar refractivity (Wildman–Crippen MR) is 77.3 cm³/mol. The first-order valence-electron chi connectivity index (χ1n) is 7.73. The molecule has 0 aromatic carbocycles. The summed E-state index contributed by atoms with van der Waals surface area (Å²) in [5.41, 5.74) is 0.513. The van der Waals surface area contributed by atoms with E-state index in [1.165, 1.54) is 58.0 Å². The molecule has 1 rings (SSSR count). The average molecular weight is 239 g/mol. The summed E-state index contributed by atoms with van der Waals surface area (Å²) in [5, 5.41) is 3.63. The minimum atomic E-state index is 0.513. The number of hydrogen-bond acceptors (Lipinski definition) is 1. The molecule has 1 aliphatic rings. The molecule has 0 bridgehead atoms. The maximum atomic E-state index is 3.63. The van der Waals surface area contributed by atoms with Gasteiger partial charge in [-0.1, -0.05) is 47.0 Å². The Hall–Kier alpha value is -0.0400. The summed E-state index contributed by atoms with van der Waals surface area (Å²) in [6, 6.07) is 0. The summed E-state index contributed by atoms with van der Waals surface area (Å²) in [6.45, 7) is 11.8. The lowest BCUT2D eigenvalue weighted by Crippen LogP contribution is -2.31. The van der Waals surface area contributed by atoms with Crippen molar-refractivity contribution in [2.75, 3.05) is 13.1 Å². The Kier molecular flexibility index (Phi) is 6.54. The maximum absolute atomic E-state index is 3.63. The lowest BCUT2D eigenvalue weighted by Gasteiger charge is -2.33. The molecule has 1 fully saturated rings. The molecule has 2 unspecified atom stereocenters. The molecule has 0 amide bonds. The molecule has 0 spiro atoms. The van der Waals surface area contributed by atoms with Gasteiger partial charge in [0, 0.05) is 0 Å². The van der Waals surface area contributed by atoms with Crippen molar-refractivity contribution in [3.8, 4) is 0 Å². The zero-order chi connectivity index (χ0) is 12.7. The molecular formula is C16H33N. The van der Waals surface area contributed by atoms with Gasteiger partial charge in [-0.2, -0.15) is 0 Å². The second kappa shape index (κ2) is 7.41. The standard InChI is InChI=1S/C16H33N/c1-5-12-17-13-15-9-7-6-8-14(15)10-11-16(2,3)4/h14-15,17H,5-13H2,1-4H3. The molecule has 1 nitrogen and oxygen atoms in total.